The molecule has 1 aromatic rings. The van der Waals surface area contributed by atoms with E-state index in [2.05, 4.69) is 5.32 Å². The summed E-state index contributed by atoms with van der Waals surface area (Å²) >= 11 is 0. The van der Waals surface area contributed by atoms with E-state index in [-0.39, 0.29) is 18.2 Å². The molecule has 2 aliphatic rings. The van der Waals surface area contributed by atoms with E-state index in [0.717, 1.165) is 38.4 Å². The zero-order valence-electron chi connectivity index (χ0n) is 13.6. The average Bonchev–Trinajstić information content (AvgIpc) is 3.43. The lowest BCUT2D eigenvalue weighted by molar-refractivity contribution is -0.384. The molecule has 0 atom stereocenters. The van der Waals surface area contributed by atoms with Crippen LogP contribution in [0.5, 0.6) is 5.75 Å². The number of nitrogens with zero attached hydrogens (tertiary/aromatic N) is 2. The number of piperidine rings is 1. The molecule has 0 unspecified atom stereocenters. The van der Waals surface area contributed by atoms with Crippen LogP contribution in [0.4, 0.5) is 5.69 Å². The second-order valence-electron chi connectivity index (χ2n) is 6.55. The van der Waals surface area contributed by atoms with Gasteiger partial charge in [-0.2, -0.15) is 0 Å². The van der Waals surface area contributed by atoms with Gasteiger partial charge < -0.3 is 15.0 Å². The number of benzene rings is 1. The zero-order valence-corrected chi connectivity index (χ0v) is 13.6. The Morgan fingerprint density at radius 1 is 1.29 bits per heavy atom. The number of likely N-dealkylation sites (tertiary alicyclic amines) is 1. The Bertz CT molecular complexity index is 595. The standard InChI is InChI=1S/C17H23N3O4/c21-17(12-24-16-3-1-2-15(10-16)20(22)23)19-8-6-14(7-9-19)18-11-13-4-5-13/h1-3,10,13-14,18H,4-9,11-12H2. The van der Waals surface area contributed by atoms with Gasteiger partial charge >= 0.3 is 0 Å². The first-order valence-corrected chi connectivity index (χ1v) is 8.50. The van der Waals surface area contributed by atoms with Crippen LogP contribution in [-0.4, -0.2) is 48.0 Å². The summed E-state index contributed by atoms with van der Waals surface area (Å²) in [5.74, 6) is 1.15. The van der Waals surface area contributed by atoms with Crippen LogP contribution in [0.25, 0.3) is 0 Å². The Labute approximate surface area is 141 Å². The predicted octanol–water partition coefficient (Wildman–Crippen LogP) is 1.96. The minimum Gasteiger partial charge on any atom is -0.484 e. The van der Waals surface area contributed by atoms with E-state index in [1.165, 1.54) is 25.0 Å². The van der Waals surface area contributed by atoms with Crippen LogP contribution in [0.1, 0.15) is 25.7 Å². The second kappa shape index (κ2) is 7.61. The summed E-state index contributed by atoms with van der Waals surface area (Å²) in [5, 5.41) is 14.3. The molecular weight excluding hydrogens is 310 g/mol. The molecule has 1 aliphatic heterocycles. The maximum atomic E-state index is 12.2. The number of nitrogens with one attached hydrogen (secondary N) is 1. The average molecular weight is 333 g/mol. The van der Waals surface area contributed by atoms with Crippen molar-refractivity contribution in [2.75, 3.05) is 26.2 Å². The molecule has 7 nitrogen and oxygen atoms in total. The van der Waals surface area contributed by atoms with E-state index in [1.54, 1.807) is 12.1 Å². The van der Waals surface area contributed by atoms with Crippen molar-refractivity contribution in [2.24, 2.45) is 5.92 Å². The number of nitro groups is 1. The van der Waals surface area contributed by atoms with E-state index < -0.39 is 4.92 Å². The van der Waals surface area contributed by atoms with Gasteiger partial charge in [-0.15, -0.1) is 0 Å². The SMILES string of the molecule is O=C(COc1cccc([N+](=O)[O-])c1)N1CCC(NCC2CC2)CC1. The van der Waals surface area contributed by atoms with Crippen LogP contribution < -0.4 is 10.1 Å². The Balaban J connectivity index is 1.40. The lowest BCUT2D eigenvalue weighted by Crippen LogP contribution is -2.46. The fraction of sp³-hybridized carbons (Fsp3) is 0.588. The number of rotatable bonds is 7. The summed E-state index contributed by atoms with van der Waals surface area (Å²) in [6.45, 7) is 2.49. The number of hydrogen-bond donors (Lipinski definition) is 1. The molecule has 1 aliphatic carbocycles. The fourth-order valence-electron chi connectivity index (χ4n) is 2.91. The maximum absolute atomic E-state index is 12.2. The van der Waals surface area contributed by atoms with Gasteiger partial charge in [0, 0.05) is 25.2 Å². The molecule has 0 aromatic heterocycles. The molecule has 1 amide bonds. The molecule has 1 heterocycles. The molecule has 3 rings (SSSR count). The Morgan fingerprint density at radius 3 is 2.71 bits per heavy atom. The number of ether oxygens (including phenoxy) is 1. The quantitative estimate of drug-likeness (QED) is 0.609. The molecule has 1 saturated heterocycles. The number of carbonyl (C=O) groups excluding carboxylic acids is 1. The first kappa shape index (κ1) is 16.7. The molecule has 24 heavy (non-hydrogen) atoms. The van der Waals surface area contributed by atoms with Gasteiger partial charge in [-0.25, -0.2) is 0 Å². The monoisotopic (exact) mass is 333 g/mol. The molecule has 2 fully saturated rings. The minimum absolute atomic E-state index is 0.0394. The Kier molecular flexibility index (Phi) is 5.30. The van der Waals surface area contributed by atoms with E-state index in [4.69, 9.17) is 4.74 Å². The third-order valence-electron chi connectivity index (χ3n) is 4.63. The third-order valence-corrected chi connectivity index (χ3v) is 4.63. The van der Waals surface area contributed by atoms with Gasteiger partial charge in [0.05, 0.1) is 11.0 Å². The summed E-state index contributed by atoms with van der Waals surface area (Å²) < 4.78 is 5.41. The molecule has 130 valence electrons. The van der Waals surface area contributed by atoms with Crippen molar-refractivity contribution in [1.29, 1.82) is 0 Å². The summed E-state index contributed by atoms with van der Waals surface area (Å²) in [6.07, 6.45) is 4.63. The van der Waals surface area contributed by atoms with Crippen molar-refractivity contribution in [3.63, 3.8) is 0 Å². The van der Waals surface area contributed by atoms with E-state index in [1.807, 2.05) is 4.90 Å². The molecule has 0 bridgehead atoms. The minimum atomic E-state index is -0.478. The number of hydrogen-bond acceptors (Lipinski definition) is 5. The lowest BCUT2D eigenvalue weighted by Gasteiger charge is -2.32. The van der Waals surface area contributed by atoms with Crippen LogP contribution in [0, 0.1) is 16.0 Å². The fourth-order valence-corrected chi connectivity index (χ4v) is 2.91. The Hall–Kier alpha value is -2.15. The number of amides is 1. The Morgan fingerprint density at radius 2 is 2.04 bits per heavy atom. The first-order valence-electron chi connectivity index (χ1n) is 8.50. The van der Waals surface area contributed by atoms with Crippen LogP contribution in [-0.2, 0) is 4.79 Å². The summed E-state index contributed by atoms with van der Waals surface area (Å²) in [5.41, 5.74) is -0.0394. The zero-order chi connectivity index (χ0) is 16.9. The topological polar surface area (TPSA) is 84.7 Å². The normalized spacial score (nSPS) is 18.4. The highest BCUT2D eigenvalue weighted by Crippen LogP contribution is 2.28. The van der Waals surface area contributed by atoms with Gasteiger partial charge in [-0.3, -0.25) is 14.9 Å². The van der Waals surface area contributed by atoms with Gasteiger partial charge in [0.1, 0.15) is 5.75 Å². The molecule has 7 heteroatoms. The van der Waals surface area contributed by atoms with Crippen LogP contribution in [0.2, 0.25) is 0 Å². The largest absolute Gasteiger partial charge is 0.484 e. The van der Waals surface area contributed by atoms with Crippen molar-refractivity contribution < 1.29 is 14.5 Å². The predicted molar refractivity (Wildman–Crippen MR) is 88.9 cm³/mol. The number of nitro benzene ring substituents is 1. The van der Waals surface area contributed by atoms with Crippen molar-refractivity contribution in [3.05, 3.63) is 34.4 Å². The molecule has 1 saturated carbocycles. The van der Waals surface area contributed by atoms with E-state index >= 15 is 0 Å². The van der Waals surface area contributed by atoms with Gasteiger partial charge in [0.15, 0.2) is 6.61 Å². The van der Waals surface area contributed by atoms with Gasteiger partial charge in [-0.05, 0) is 44.2 Å². The van der Waals surface area contributed by atoms with Crippen LogP contribution >= 0.6 is 0 Å². The van der Waals surface area contributed by atoms with E-state index in [0.29, 0.717) is 11.8 Å². The molecular formula is C17H23N3O4. The van der Waals surface area contributed by atoms with Crippen molar-refractivity contribution in [1.82, 2.24) is 10.2 Å². The first-order chi connectivity index (χ1) is 11.6. The highest BCUT2D eigenvalue weighted by atomic mass is 16.6. The summed E-state index contributed by atoms with van der Waals surface area (Å²) in [4.78, 5) is 24.3. The maximum Gasteiger partial charge on any atom is 0.273 e. The molecule has 0 radical (unpaired) electrons. The van der Waals surface area contributed by atoms with Crippen LogP contribution in [0.3, 0.4) is 0 Å². The molecule has 1 aromatic carbocycles. The van der Waals surface area contributed by atoms with Crippen molar-refractivity contribution in [2.45, 2.75) is 31.7 Å². The second-order valence-corrected chi connectivity index (χ2v) is 6.55. The lowest BCUT2D eigenvalue weighted by atomic mass is 10.0. The van der Waals surface area contributed by atoms with Crippen LogP contribution in [0.15, 0.2) is 24.3 Å². The molecule has 0 spiro atoms. The summed E-state index contributed by atoms with van der Waals surface area (Å²) in [6, 6.07) is 6.41. The number of carbonyl (C=O) groups is 1. The summed E-state index contributed by atoms with van der Waals surface area (Å²) in [7, 11) is 0. The number of non-ortho nitro benzene ring substituents is 1. The van der Waals surface area contributed by atoms with Gasteiger partial charge in [0.25, 0.3) is 11.6 Å². The highest BCUT2D eigenvalue weighted by molar-refractivity contribution is 5.77. The van der Waals surface area contributed by atoms with Gasteiger partial charge in [-0.1, -0.05) is 6.07 Å². The van der Waals surface area contributed by atoms with Gasteiger partial charge in [0.2, 0.25) is 0 Å². The van der Waals surface area contributed by atoms with Crippen molar-refractivity contribution in [3.8, 4) is 5.75 Å². The molecule has 1 N–H and O–H groups in total. The smallest absolute Gasteiger partial charge is 0.273 e. The van der Waals surface area contributed by atoms with Crippen molar-refractivity contribution >= 4 is 11.6 Å². The highest BCUT2D eigenvalue weighted by Gasteiger charge is 2.26. The van der Waals surface area contributed by atoms with E-state index in [9.17, 15) is 14.9 Å². The third kappa shape index (κ3) is 4.67.